The first-order valence-corrected chi connectivity index (χ1v) is 8.74. The van der Waals surface area contributed by atoms with E-state index in [2.05, 4.69) is 10.2 Å². The molecule has 0 radical (unpaired) electrons. The van der Waals surface area contributed by atoms with Crippen molar-refractivity contribution in [1.82, 2.24) is 10.2 Å². The van der Waals surface area contributed by atoms with Crippen molar-refractivity contribution in [1.29, 1.82) is 0 Å². The molecule has 0 aromatic rings. The Morgan fingerprint density at radius 3 is 2.55 bits per heavy atom. The average molecular weight is 276 g/mol. The predicted octanol–water partition coefficient (Wildman–Crippen LogP) is 2.70. The number of likely N-dealkylation sites (tertiary alicyclic amines) is 1. The van der Waals surface area contributed by atoms with E-state index in [4.69, 9.17) is 0 Å². The lowest BCUT2D eigenvalue weighted by molar-refractivity contribution is -0.143. The molecule has 3 saturated carbocycles. The maximum Gasteiger partial charge on any atom is 0.240 e. The Balaban J connectivity index is 1.70. The van der Waals surface area contributed by atoms with Crippen LogP contribution in [0.1, 0.15) is 64.2 Å². The number of hydrogen-bond acceptors (Lipinski definition) is 2. The summed E-state index contributed by atoms with van der Waals surface area (Å²) in [6.07, 6.45) is 12.8. The summed E-state index contributed by atoms with van der Waals surface area (Å²) in [7, 11) is 1.96. The molecule has 1 N–H and O–H groups in total. The highest BCUT2D eigenvalue weighted by Gasteiger charge is 2.55. The Hall–Kier alpha value is -0.570. The van der Waals surface area contributed by atoms with Crippen LogP contribution in [0.5, 0.6) is 0 Å². The monoisotopic (exact) mass is 276 g/mol. The fraction of sp³-hybridized carbons (Fsp3) is 0.941. The molecule has 2 bridgehead atoms. The molecule has 0 spiro atoms. The lowest BCUT2D eigenvalue weighted by atomic mass is 9.88. The Bertz CT molecular complexity index is 400. The zero-order chi connectivity index (χ0) is 13.7. The number of likely N-dealkylation sites (N-methyl/N-ethyl adjacent to an activating group) is 1. The third-order valence-corrected chi connectivity index (χ3v) is 6.88. The topological polar surface area (TPSA) is 32.3 Å². The van der Waals surface area contributed by atoms with Crippen LogP contribution in [-0.2, 0) is 4.79 Å². The lowest BCUT2D eigenvalue weighted by Crippen LogP contribution is -2.58. The van der Waals surface area contributed by atoms with Crippen LogP contribution in [0.15, 0.2) is 0 Å². The van der Waals surface area contributed by atoms with Crippen molar-refractivity contribution in [2.24, 2.45) is 11.8 Å². The van der Waals surface area contributed by atoms with E-state index < -0.39 is 0 Å². The minimum Gasteiger partial charge on any atom is -0.332 e. The molecule has 0 aromatic carbocycles. The van der Waals surface area contributed by atoms with Gasteiger partial charge in [-0.3, -0.25) is 4.79 Å². The maximum absolute atomic E-state index is 13.2. The molecule has 4 aliphatic rings. The average Bonchev–Trinajstić information content (AvgIpc) is 3.15. The summed E-state index contributed by atoms with van der Waals surface area (Å²) in [6.45, 7) is 0. The molecule has 3 heteroatoms. The number of nitrogens with one attached hydrogen (secondary N) is 1. The molecule has 3 aliphatic carbocycles. The third kappa shape index (κ3) is 1.78. The van der Waals surface area contributed by atoms with E-state index in [1.54, 1.807) is 0 Å². The minimum absolute atomic E-state index is 0.0784. The number of carbonyl (C=O) groups is 1. The van der Waals surface area contributed by atoms with Crippen LogP contribution in [0.3, 0.4) is 0 Å². The Kier molecular flexibility index (Phi) is 3.10. The van der Waals surface area contributed by atoms with Gasteiger partial charge in [0.2, 0.25) is 5.91 Å². The molecule has 1 amide bonds. The molecular formula is C17H28N2O. The van der Waals surface area contributed by atoms with E-state index >= 15 is 0 Å². The summed E-state index contributed by atoms with van der Waals surface area (Å²) in [5.41, 5.74) is 0.258. The maximum atomic E-state index is 13.2. The zero-order valence-corrected chi connectivity index (χ0v) is 12.7. The molecule has 20 heavy (non-hydrogen) atoms. The van der Waals surface area contributed by atoms with Crippen molar-refractivity contribution < 1.29 is 4.79 Å². The number of rotatable bonds is 2. The SMILES string of the molecule is CNC1CCC2CCCC2N(C23CCC(CC2)C3)C1=O. The van der Waals surface area contributed by atoms with Gasteiger partial charge in [0.15, 0.2) is 0 Å². The summed E-state index contributed by atoms with van der Waals surface area (Å²) in [4.78, 5) is 15.6. The van der Waals surface area contributed by atoms with E-state index in [0.29, 0.717) is 11.9 Å². The van der Waals surface area contributed by atoms with Crippen LogP contribution in [0.4, 0.5) is 0 Å². The number of hydrogen-bond donors (Lipinski definition) is 1. The lowest BCUT2D eigenvalue weighted by Gasteiger charge is -2.46. The second kappa shape index (κ2) is 4.72. The summed E-state index contributed by atoms with van der Waals surface area (Å²) >= 11 is 0. The Morgan fingerprint density at radius 2 is 1.90 bits per heavy atom. The van der Waals surface area contributed by atoms with Gasteiger partial charge in [0, 0.05) is 11.6 Å². The Morgan fingerprint density at radius 1 is 1.10 bits per heavy atom. The summed E-state index contributed by atoms with van der Waals surface area (Å²) in [6, 6.07) is 0.646. The molecule has 0 aromatic heterocycles. The highest BCUT2D eigenvalue weighted by atomic mass is 16.2. The fourth-order valence-corrected chi connectivity index (χ4v) is 5.88. The summed E-state index contributed by atoms with van der Waals surface area (Å²) in [5.74, 6) is 2.13. The standard InChI is InChI=1S/C17H28N2O/c1-18-14-6-5-13-3-2-4-15(13)19(16(14)20)17-9-7-12(11-17)8-10-17/h12-15,18H,2-11H2,1H3. The van der Waals surface area contributed by atoms with Gasteiger partial charge >= 0.3 is 0 Å². The van der Waals surface area contributed by atoms with Crippen molar-refractivity contribution in [2.75, 3.05) is 7.05 Å². The van der Waals surface area contributed by atoms with Gasteiger partial charge in [0.25, 0.3) is 0 Å². The largest absolute Gasteiger partial charge is 0.332 e. The number of amides is 1. The molecule has 1 saturated heterocycles. The molecule has 3 nitrogen and oxygen atoms in total. The van der Waals surface area contributed by atoms with Gasteiger partial charge in [-0.25, -0.2) is 0 Å². The summed E-state index contributed by atoms with van der Waals surface area (Å²) < 4.78 is 0. The fourth-order valence-electron chi connectivity index (χ4n) is 5.88. The van der Waals surface area contributed by atoms with Gasteiger partial charge in [0.1, 0.15) is 0 Å². The second-order valence-electron chi connectivity index (χ2n) is 7.76. The third-order valence-electron chi connectivity index (χ3n) is 6.88. The molecule has 4 rings (SSSR count). The van der Waals surface area contributed by atoms with Crippen molar-refractivity contribution in [3.8, 4) is 0 Å². The number of nitrogens with zero attached hydrogens (tertiary/aromatic N) is 1. The van der Waals surface area contributed by atoms with Crippen LogP contribution in [0.25, 0.3) is 0 Å². The van der Waals surface area contributed by atoms with Gasteiger partial charge in [-0.15, -0.1) is 0 Å². The van der Waals surface area contributed by atoms with Gasteiger partial charge in [0.05, 0.1) is 6.04 Å². The molecule has 112 valence electrons. The molecular weight excluding hydrogens is 248 g/mol. The quantitative estimate of drug-likeness (QED) is 0.841. The van der Waals surface area contributed by atoms with Gasteiger partial charge < -0.3 is 10.2 Å². The second-order valence-corrected chi connectivity index (χ2v) is 7.76. The highest BCUT2D eigenvalue weighted by molar-refractivity contribution is 5.83. The van der Waals surface area contributed by atoms with E-state index in [1.807, 2.05) is 7.05 Å². The van der Waals surface area contributed by atoms with E-state index in [9.17, 15) is 4.79 Å². The van der Waals surface area contributed by atoms with Gasteiger partial charge in [-0.05, 0) is 76.7 Å². The van der Waals surface area contributed by atoms with Crippen LogP contribution >= 0.6 is 0 Å². The smallest absolute Gasteiger partial charge is 0.240 e. The molecule has 3 unspecified atom stereocenters. The molecule has 1 aliphatic heterocycles. The first-order valence-electron chi connectivity index (χ1n) is 8.74. The van der Waals surface area contributed by atoms with Crippen LogP contribution in [-0.4, -0.2) is 35.5 Å². The number of carbonyl (C=O) groups excluding carboxylic acids is 1. The first kappa shape index (κ1) is 13.1. The molecule has 3 atom stereocenters. The Labute approximate surface area is 122 Å². The van der Waals surface area contributed by atoms with E-state index in [0.717, 1.165) is 18.3 Å². The van der Waals surface area contributed by atoms with Crippen molar-refractivity contribution in [3.05, 3.63) is 0 Å². The van der Waals surface area contributed by atoms with Gasteiger partial charge in [-0.1, -0.05) is 6.42 Å². The number of fused-ring (bicyclic) bond motifs is 3. The molecule has 4 fully saturated rings. The van der Waals surface area contributed by atoms with Crippen LogP contribution < -0.4 is 5.32 Å². The zero-order valence-electron chi connectivity index (χ0n) is 12.7. The van der Waals surface area contributed by atoms with Crippen molar-refractivity contribution in [3.63, 3.8) is 0 Å². The van der Waals surface area contributed by atoms with Crippen molar-refractivity contribution >= 4 is 5.91 Å². The minimum atomic E-state index is 0.0784. The van der Waals surface area contributed by atoms with Crippen molar-refractivity contribution in [2.45, 2.75) is 81.8 Å². The van der Waals surface area contributed by atoms with Crippen LogP contribution in [0, 0.1) is 11.8 Å². The van der Waals surface area contributed by atoms with E-state index in [1.165, 1.54) is 57.8 Å². The predicted molar refractivity (Wildman–Crippen MR) is 79.4 cm³/mol. The highest BCUT2D eigenvalue weighted by Crippen LogP contribution is 2.54. The van der Waals surface area contributed by atoms with Gasteiger partial charge in [-0.2, -0.15) is 0 Å². The normalized spacial score (nSPS) is 47.6. The van der Waals surface area contributed by atoms with Crippen LogP contribution in [0.2, 0.25) is 0 Å². The van der Waals surface area contributed by atoms with E-state index in [-0.39, 0.29) is 11.6 Å². The first-order chi connectivity index (χ1) is 9.73. The summed E-state index contributed by atoms with van der Waals surface area (Å²) in [5, 5.41) is 3.30. The molecule has 1 heterocycles.